The van der Waals surface area contributed by atoms with Crippen LogP contribution in [0.3, 0.4) is 0 Å². The molecule has 0 aliphatic carbocycles. The van der Waals surface area contributed by atoms with Crippen molar-refractivity contribution in [2.24, 2.45) is 0 Å². The molecule has 8 heteroatoms. The Hall–Kier alpha value is -1.28. The maximum atomic E-state index is 12.3. The summed E-state index contributed by atoms with van der Waals surface area (Å²) in [6.45, 7) is 2.67. The van der Waals surface area contributed by atoms with Crippen LogP contribution in [0.1, 0.15) is 17.5 Å². The topological polar surface area (TPSA) is 63.4 Å². The van der Waals surface area contributed by atoms with E-state index in [4.69, 9.17) is 5.73 Å². The minimum absolute atomic E-state index is 0.0559. The van der Waals surface area contributed by atoms with Gasteiger partial charge in [-0.2, -0.15) is 13.2 Å². The van der Waals surface area contributed by atoms with Crippen LogP contribution in [0.25, 0.3) is 0 Å². The summed E-state index contributed by atoms with van der Waals surface area (Å²) in [6, 6.07) is 2.88. The van der Waals surface area contributed by atoms with Gasteiger partial charge in [0, 0.05) is 19.3 Å². The van der Waals surface area contributed by atoms with E-state index in [1.807, 2.05) is 0 Å². The smallest absolute Gasteiger partial charge is 0.390 e. The number of nitrogen functional groups attached to an aromatic ring is 1. The van der Waals surface area contributed by atoms with Crippen LogP contribution in [-0.4, -0.2) is 32.5 Å². The van der Waals surface area contributed by atoms with Gasteiger partial charge < -0.3 is 5.73 Å². The molecule has 1 aromatic carbocycles. The van der Waals surface area contributed by atoms with Gasteiger partial charge in [0.05, 0.1) is 11.3 Å². The first-order valence-corrected chi connectivity index (χ1v) is 7.29. The highest BCUT2D eigenvalue weighted by Crippen LogP contribution is 2.26. The summed E-state index contributed by atoms with van der Waals surface area (Å²) >= 11 is 0. The summed E-state index contributed by atoms with van der Waals surface area (Å²) in [7, 11) is -2.86. The molecule has 0 bridgehead atoms. The zero-order valence-corrected chi connectivity index (χ0v) is 12.3. The third-order valence-corrected chi connectivity index (χ3v) is 5.02. The Bertz CT molecular complexity index is 597. The number of halogens is 3. The third-order valence-electron chi connectivity index (χ3n) is 3.04. The Morgan fingerprint density at radius 1 is 1.25 bits per heavy atom. The number of nitrogens with zero attached hydrogens (tertiary/aromatic N) is 1. The molecule has 0 aliphatic rings. The number of benzene rings is 1. The van der Waals surface area contributed by atoms with Gasteiger partial charge in [0.2, 0.25) is 10.0 Å². The van der Waals surface area contributed by atoms with E-state index in [2.05, 4.69) is 0 Å². The highest BCUT2D eigenvalue weighted by atomic mass is 32.2. The second kappa shape index (κ2) is 5.61. The van der Waals surface area contributed by atoms with Crippen LogP contribution in [0.5, 0.6) is 0 Å². The van der Waals surface area contributed by atoms with Gasteiger partial charge in [-0.05, 0) is 37.1 Å². The Labute approximate surface area is 116 Å². The molecule has 0 radical (unpaired) electrons. The Kier molecular flexibility index (Phi) is 4.70. The van der Waals surface area contributed by atoms with E-state index in [1.165, 1.54) is 6.07 Å². The summed E-state index contributed by atoms with van der Waals surface area (Å²) < 4.78 is 61.8. The molecule has 0 aromatic heterocycles. The van der Waals surface area contributed by atoms with Crippen molar-refractivity contribution in [1.29, 1.82) is 0 Å². The largest absolute Gasteiger partial charge is 0.399 e. The first kappa shape index (κ1) is 16.8. The molecule has 1 aromatic rings. The molecule has 1 rings (SSSR count). The Morgan fingerprint density at radius 3 is 2.30 bits per heavy atom. The maximum absolute atomic E-state index is 12.3. The summed E-state index contributed by atoms with van der Waals surface area (Å²) in [5.41, 5.74) is 7.02. The van der Waals surface area contributed by atoms with Crippen molar-refractivity contribution in [1.82, 2.24) is 4.31 Å². The van der Waals surface area contributed by atoms with Crippen molar-refractivity contribution >= 4 is 15.7 Å². The number of alkyl halides is 3. The fraction of sp³-hybridized carbons (Fsp3) is 0.500. The quantitative estimate of drug-likeness (QED) is 0.869. The van der Waals surface area contributed by atoms with Gasteiger partial charge in [-0.25, -0.2) is 12.7 Å². The van der Waals surface area contributed by atoms with Gasteiger partial charge >= 0.3 is 6.18 Å². The fourth-order valence-electron chi connectivity index (χ4n) is 1.69. The number of hydrogen-bond donors (Lipinski definition) is 1. The fourth-order valence-corrected chi connectivity index (χ4v) is 3.19. The zero-order valence-electron chi connectivity index (χ0n) is 11.5. The molecule has 2 N–H and O–H groups in total. The number of nitrogens with two attached hydrogens (primary N) is 1. The van der Waals surface area contributed by atoms with E-state index in [-0.39, 0.29) is 10.6 Å². The average molecular weight is 310 g/mol. The van der Waals surface area contributed by atoms with Gasteiger partial charge in [0.15, 0.2) is 0 Å². The van der Waals surface area contributed by atoms with E-state index in [0.717, 1.165) is 7.05 Å². The molecule has 20 heavy (non-hydrogen) atoms. The monoisotopic (exact) mass is 310 g/mol. The summed E-state index contributed by atoms with van der Waals surface area (Å²) in [4.78, 5) is -0.0559. The molecule has 0 amide bonds. The molecule has 0 atom stereocenters. The molecule has 114 valence electrons. The molecule has 0 aliphatic heterocycles. The summed E-state index contributed by atoms with van der Waals surface area (Å²) in [5.74, 6) is 0. The number of rotatable bonds is 4. The molecular weight excluding hydrogens is 293 g/mol. The molecule has 0 saturated heterocycles. The van der Waals surface area contributed by atoms with Crippen molar-refractivity contribution in [2.45, 2.75) is 31.3 Å². The Balaban J connectivity index is 3.11. The van der Waals surface area contributed by atoms with Crippen molar-refractivity contribution in [3.05, 3.63) is 23.3 Å². The molecule has 0 unspecified atom stereocenters. The standard InChI is InChI=1S/C12H17F3N2O2S/c1-8-6-10(16)7-11(9(8)2)20(18,19)17(3)5-4-12(13,14)15/h6-7H,4-5,16H2,1-3H3. The number of hydrogen-bond acceptors (Lipinski definition) is 3. The highest BCUT2D eigenvalue weighted by Gasteiger charge is 2.31. The highest BCUT2D eigenvalue weighted by molar-refractivity contribution is 7.89. The molecule has 0 saturated carbocycles. The van der Waals surface area contributed by atoms with Crippen molar-refractivity contribution < 1.29 is 21.6 Å². The average Bonchev–Trinajstić information content (AvgIpc) is 2.29. The van der Waals surface area contributed by atoms with Gasteiger partial charge in [-0.1, -0.05) is 0 Å². The van der Waals surface area contributed by atoms with Gasteiger partial charge in [0.1, 0.15) is 0 Å². The number of aryl methyl sites for hydroxylation is 1. The first-order valence-electron chi connectivity index (χ1n) is 5.85. The predicted octanol–water partition coefficient (Wildman–Crippen LogP) is 2.46. The molecule has 0 spiro atoms. The SMILES string of the molecule is Cc1cc(N)cc(S(=O)(=O)N(C)CCC(F)(F)F)c1C. The van der Waals surface area contributed by atoms with Crippen LogP contribution in [0.4, 0.5) is 18.9 Å². The molecule has 0 heterocycles. The minimum atomic E-state index is -4.40. The second-order valence-corrected chi connectivity index (χ2v) is 6.67. The van der Waals surface area contributed by atoms with Gasteiger partial charge in [-0.15, -0.1) is 0 Å². The maximum Gasteiger partial charge on any atom is 0.390 e. The van der Waals surface area contributed by atoms with Crippen LogP contribution < -0.4 is 5.73 Å². The van der Waals surface area contributed by atoms with E-state index in [1.54, 1.807) is 19.9 Å². The lowest BCUT2D eigenvalue weighted by molar-refractivity contribution is -0.135. The predicted molar refractivity (Wildman–Crippen MR) is 70.8 cm³/mol. The molecule has 0 fully saturated rings. The molecule has 4 nitrogen and oxygen atoms in total. The van der Waals surface area contributed by atoms with Crippen molar-refractivity contribution in [3.8, 4) is 0 Å². The summed E-state index contributed by atoms with van der Waals surface area (Å²) in [5, 5.41) is 0. The first-order chi connectivity index (χ1) is 8.95. The summed E-state index contributed by atoms with van der Waals surface area (Å²) in [6.07, 6.45) is -5.59. The van der Waals surface area contributed by atoms with E-state index in [0.29, 0.717) is 15.4 Å². The normalized spacial score (nSPS) is 12.9. The lowest BCUT2D eigenvalue weighted by atomic mass is 10.1. The minimum Gasteiger partial charge on any atom is -0.399 e. The van der Waals surface area contributed by atoms with Gasteiger partial charge in [0.25, 0.3) is 0 Å². The van der Waals surface area contributed by atoms with Gasteiger partial charge in [-0.3, -0.25) is 0 Å². The van der Waals surface area contributed by atoms with Crippen LogP contribution >= 0.6 is 0 Å². The van der Waals surface area contributed by atoms with E-state index >= 15 is 0 Å². The van der Waals surface area contributed by atoms with E-state index < -0.39 is 29.2 Å². The second-order valence-electron chi connectivity index (χ2n) is 4.65. The van der Waals surface area contributed by atoms with Crippen molar-refractivity contribution in [3.63, 3.8) is 0 Å². The van der Waals surface area contributed by atoms with Crippen molar-refractivity contribution in [2.75, 3.05) is 19.3 Å². The number of sulfonamides is 1. The van der Waals surface area contributed by atoms with Crippen LogP contribution in [0, 0.1) is 13.8 Å². The van der Waals surface area contributed by atoms with Crippen LogP contribution in [-0.2, 0) is 10.0 Å². The Morgan fingerprint density at radius 2 is 1.80 bits per heavy atom. The lowest BCUT2D eigenvalue weighted by Gasteiger charge is -2.20. The molecular formula is C12H17F3N2O2S. The zero-order chi connectivity index (χ0) is 15.7. The van der Waals surface area contributed by atoms with Crippen LogP contribution in [0.2, 0.25) is 0 Å². The van der Waals surface area contributed by atoms with Crippen LogP contribution in [0.15, 0.2) is 17.0 Å². The third kappa shape index (κ3) is 3.86. The number of anilines is 1. The lowest BCUT2D eigenvalue weighted by Crippen LogP contribution is -2.31. The van der Waals surface area contributed by atoms with E-state index in [9.17, 15) is 21.6 Å².